The van der Waals surface area contributed by atoms with Gasteiger partial charge in [0.05, 0.1) is 7.11 Å². The van der Waals surface area contributed by atoms with E-state index in [2.05, 4.69) is 48.2 Å². The Bertz CT molecular complexity index is 555. The Labute approximate surface area is 152 Å². The van der Waals surface area contributed by atoms with E-state index in [1.165, 1.54) is 18.4 Å². The normalized spacial score (nSPS) is 21.6. The van der Waals surface area contributed by atoms with Crippen LogP contribution in [0.15, 0.2) is 41.9 Å². The van der Waals surface area contributed by atoms with Crippen LogP contribution in [0.1, 0.15) is 31.4 Å². The smallest absolute Gasteiger partial charge is 0.191 e. The minimum Gasteiger partial charge on any atom is -0.497 e. The fraction of sp³-hybridized carbons (Fsp3) is 0.550. The van der Waals surface area contributed by atoms with E-state index in [0.29, 0.717) is 12.0 Å². The Balaban J connectivity index is 2.13. The van der Waals surface area contributed by atoms with Gasteiger partial charge in [-0.3, -0.25) is 9.89 Å². The highest BCUT2D eigenvalue weighted by Gasteiger charge is 2.30. The first-order valence-electron chi connectivity index (χ1n) is 9.16. The lowest BCUT2D eigenvalue weighted by atomic mass is 9.85. The maximum Gasteiger partial charge on any atom is 0.191 e. The summed E-state index contributed by atoms with van der Waals surface area (Å²) in [5.41, 5.74) is 1.34. The molecule has 2 N–H and O–H groups in total. The van der Waals surface area contributed by atoms with Crippen LogP contribution in [0.2, 0.25) is 0 Å². The SMILES string of the molecule is C=CCNC(=NCC1CCCN(C)C1c1ccc(OC)cc1)NCC. The zero-order valence-electron chi connectivity index (χ0n) is 15.8. The fourth-order valence-corrected chi connectivity index (χ4v) is 3.50. The Kier molecular flexibility index (Phi) is 7.79. The van der Waals surface area contributed by atoms with Crippen LogP contribution in [0.4, 0.5) is 0 Å². The Hall–Kier alpha value is -2.01. The van der Waals surface area contributed by atoms with Gasteiger partial charge in [-0.15, -0.1) is 6.58 Å². The molecule has 0 aliphatic carbocycles. The molecule has 1 saturated heterocycles. The second kappa shape index (κ2) is 10.1. The molecule has 2 atom stereocenters. The molecule has 1 heterocycles. The molecule has 0 saturated carbocycles. The van der Waals surface area contributed by atoms with Crippen molar-refractivity contribution in [1.29, 1.82) is 0 Å². The van der Waals surface area contributed by atoms with Gasteiger partial charge in [0, 0.05) is 25.7 Å². The molecule has 0 spiro atoms. The first-order chi connectivity index (χ1) is 12.2. The van der Waals surface area contributed by atoms with Crippen LogP contribution >= 0.6 is 0 Å². The van der Waals surface area contributed by atoms with E-state index < -0.39 is 0 Å². The van der Waals surface area contributed by atoms with Crippen molar-refractivity contribution in [2.24, 2.45) is 10.9 Å². The second-order valence-electron chi connectivity index (χ2n) is 6.49. The predicted octanol–water partition coefficient (Wildman–Crippen LogP) is 2.82. The molecule has 1 aromatic carbocycles. The van der Waals surface area contributed by atoms with Crippen molar-refractivity contribution in [1.82, 2.24) is 15.5 Å². The number of hydrogen-bond donors (Lipinski definition) is 2. The van der Waals surface area contributed by atoms with Crippen molar-refractivity contribution in [3.05, 3.63) is 42.5 Å². The molecule has 1 fully saturated rings. The molecule has 2 rings (SSSR count). The summed E-state index contributed by atoms with van der Waals surface area (Å²) in [4.78, 5) is 7.27. The number of guanidine groups is 1. The summed E-state index contributed by atoms with van der Waals surface area (Å²) in [6, 6.07) is 8.86. The van der Waals surface area contributed by atoms with Crippen molar-refractivity contribution < 1.29 is 4.74 Å². The molecule has 0 bridgehead atoms. The van der Waals surface area contributed by atoms with Crippen molar-refractivity contribution in [3.63, 3.8) is 0 Å². The van der Waals surface area contributed by atoms with Crippen LogP contribution in [-0.4, -0.2) is 51.2 Å². The largest absolute Gasteiger partial charge is 0.497 e. The minimum absolute atomic E-state index is 0.394. The molecule has 5 heteroatoms. The Morgan fingerprint density at radius 1 is 1.36 bits per heavy atom. The molecule has 1 aliphatic rings. The summed E-state index contributed by atoms with van der Waals surface area (Å²) in [6.07, 6.45) is 4.27. The summed E-state index contributed by atoms with van der Waals surface area (Å²) < 4.78 is 5.29. The second-order valence-corrected chi connectivity index (χ2v) is 6.49. The lowest BCUT2D eigenvalue weighted by molar-refractivity contribution is 0.125. The van der Waals surface area contributed by atoms with Crippen LogP contribution in [0, 0.1) is 5.92 Å². The molecule has 0 aromatic heterocycles. The summed E-state index contributed by atoms with van der Waals surface area (Å²) in [5, 5.41) is 6.58. The molecule has 1 aliphatic heterocycles. The van der Waals surface area contributed by atoms with Gasteiger partial charge in [0.25, 0.3) is 0 Å². The highest BCUT2D eigenvalue weighted by atomic mass is 16.5. The van der Waals surface area contributed by atoms with Crippen molar-refractivity contribution >= 4 is 5.96 Å². The van der Waals surface area contributed by atoms with Crippen LogP contribution < -0.4 is 15.4 Å². The van der Waals surface area contributed by atoms with Crippen molar-refractivity contribution in [3.8, 4) is 5.75 Å². The first-order valence-corrected chi connectivity index (χ1v) is 9.16. The van der Waals surface area contributed by atoms with E-state index in [0.717, 1.165) is 37.9 Å². The van der Waals surface area contributed by atoms with Gasteiger partial charge in [-0.05, 0) is 57.0 Å². The van der Waals surface area contributed by atoms with Gasteiger partial charge in [0.2, 0.25) is 0 Å². The maximum atomic E-state index is 5.29. The van der Waals surface area contributed by atoms with E-state index >= 15 is 0 Å². The van der Waals surface area contributed by atoms with Crippen LogP contribution in [0.5, 0.6) is 5.75 Å². The Morgan fingerprint density at radius 3 is 2.76 bits per heavy atom. The number of methoxy groups -OCH3 is 1. The molecule has 0 radical (unpaired) electrons. The molecule has 2 unspecified atom stereocenters. The number of hydrogen-bond acceptors (Lipinski definition) is 3. The van der Waals surface area contributed by atoms with Crippen LogP contribution in [0.3, 0.4) is 0 Å². The average Bonchev–Trinajstić information content (AvgIpc) is 2.64. The van der Waals surface area contributed by atoms with Crippen molar-refractivity contribution in [2.45, 2.75) is 25.8 Å². The number of likely N-dealkylation sites (tertiary alicyclic amines) is 1. The number of aliphatic imine (C=N–C) groups is 1. The van der Waals surface area contributed by atoms with Gasteiger partial charge in [-0.1, -0.05) is 18.2 Å². The Morgan fingerprint density at radius 2 is 2.12 bits per heavy atom. The van der Waals surface area contributed by atoms with Gasteiger partial charge in [-0.25, -0.2) is 0 Å². The molecule has 25 heavy (non-hydrogen) atoms. The van der Waals surface area contributed by atoms with E-state index in [1.54, 1.807) is 7.11 Å². The lowest BCUT2D eigenvalue weighted by Gasteiger charge is -2.39. The van der Waals surface area contributed by atoms with Gasteiger partial charge in [0.1, 0.15) is 5.75 Å². The zero-order chi connectivity index (χ0) is 18.1. The molecule has 1 aromatic rings. The topological polar surface area (TPSA) is 48.9 Å². The number of benzene rings is 1. The fourth-order valence-electron chi connectivity index (χ4n) is 3.50. The van der Waals surface area contributed by atoms with Gasteiger partial charge >= 0.3 is 0 Å². The average molecular weight is 345 g/mol. The third-order valence-electron chi connectivity index (χ3n) is 4.71. The predicted molar refractivity (Wildman–Crippen MR) is 105 cm³/mol. The molecule has 0 amide bonds. The summed E-state index contributed by atoms with van der Waals surface area (Å²) in [6.45, 7) is 9.36. The third-order valence-corrected chi connectivity index (χ3v) is 4.71. The molecule has 138 valence electrons. The minimum atomic E-state index is 0.394. The highest BCUT2D eigenvalue weighted by Crippen LogP contribution is 2.35. The van der Waals surface area contributed by atoms with Crippen molar-refractivity contribution in [2.75, 3.05) is 40.3 Å². The molecule has 5 nitrogen and oxygen atoms in total. The first kappa shape index (κ1) is 19.3. The number of ether oxygens (including phenoxy) is 1. The summed E-state index contributed by atoms with van der Waals surface area (Å²) in [5.74, 6) is 2.27. The van der Waals surface area contributed by atoms with E-state index in [-0.39, 0.29) is 0 Å². The summed E-state index contributed by atoms with van der Waals surface area (Å²) >= 11 is 0. The van der Waals surface area contributed by atoms with Gasteiger partial charge in [-0.2, -0.15) is 0 Å². The zero-order valence-corrected chi connectivity index (χ0v) is 15.8. The summed E-state index contributed by atoms with van der Waals surface area (Å²) in [7, 11) is 3.92. The third kappa shape index (κ3) is 5.49. The highest BCUT2D eigenvalue weighted by molar-refractivity contribution is 5.79. The number of rotatable bonds is 7. The maximum absolute atomic E-state index is 5.29. The van der Waals surface area contributed by atoms with Gasteiger partial charge < -0.3 is 15.4 Å². The standard InChI is InChI=1S/C20H32N4O/c1-5-13-22-20(21-6-2)23-15-17-8-7-14-24(3)19(17)16-9-11-18(25-4)12-10-16/h5,9-12,17,19H,1,6-8,13-15H2,2-4H3,(H2,21,22,23). The molecular formula is C20H32N4O. The van der Waals surface area contributed by atoms with Crippen LogP contribution in [0.25, 0.3) is 0 Å². The quantitative estimate of drug-likeness (QED) is 0.454. The van der Waals surface area contributed by atoms with E-state index in [9.17, 15) is 0 Å². The number of piperidine rings is 1. The lowest BCUT2D eigenvalue weighted by Crippen LogP contribution is -2.40. The van der Waals surface area contributed by atoms with Crippen LogP contribution in [-0.2, 0) is 0 Å². The number of nitrogens with zero attached hydrogens (tertiary/aromatic N) is 2. The van der Waals surface area contributed by atoms with Gasteiger partial charge in [0.15, 0.2) is 5.96 Å². The van der Waals surface area contributed by atoms with E-state index in [4.69, 9.17) is 9.73 Å². The number of nitrogens with one attached hydrogen (secondary N) is 2. The monoisotopic (exact) mass is 344 g/mol. The van der Waals surface area contributed by atoms with E-state index in [1.807, 2.05) is 18.2 Å². The molecular weight excluding hydrogens is 312 g/mol.